The Morgan fingerprint density at radius 3 is 2.59 bits per heavy atom. The van der Waals surface area contributed by atoms with E-state index in [-0.39, 0.29) is 12.4 Å². The van der Waals surface area contributed by atoms with Crippen LogP contribution >= 0.6 is 11.6 Å². The van der Waals surface area contributed by atoms with E-state index in [2.05, 4.69) is 10.8 Å². The van der Waals surface area contributed by atoms with Gasteiger partial charge in [-0.25, -0.2) is 0 Å². The summed E-state index contributed by atoms with van der Waals surface area (Å²) in [5.41, 5.74) is 3.12. The van der Waals surface area contributed by atoms with Gasteiger partial charge >= 0.3 is 5.97 Å². The molecule has 1 rings (SSSR count). The first-order valence-electron chi connectivity index (χ1n) is 5.34. The molecule has 17 heavy (non-hydrogen) atoms. The van der Waals surface area contributed by atoms with E-state index < -0.39 is 0 Å². The van der Waals surface area contributed by atoms with Crippen molar-refractivity contribution in [3.63, 3.8) is 0 Å². The number of methoxy groups -OCH3 is 1. The number of ether oxygens (including phenoxy) is 1. The fourth-order valence-electron chi connectivity index (χ4n) is 1.79. The first-order chi connectivity index (χ1) is 8.17. The Bertz CT molecular complexity index is 463. The van der Waals surface area contributed by atoms with Gasteiger partial charge in [0.1, 0.15) is 0 Å². The molecule has 0 fully saturated rings. The molecule has 4 heteroatoms. The number of carbonyl (C=O) groups excluding carboxylic acids is 1. The molecular weight excluding hydrogens is 238 g/mol. The van der Waals surface area contributed by atoms with Gasteiger partial charge in [0, 0.05) is 5.88 Å². The fraction of sp³-hybridized carbons (Fsp3) is 0.385. The van der Waals surface area contributed by atoms with Crippen LogP contribution in [0.4, 0.5) is 0 Å². The number of benzene rings is 1. The molecule has 0 spiro atoms. The molecule has 0 aliphatic carbocycles. The number of halogens is 1. The van der Waals surface area contributed by atoms with E-state index >= 15 is 0 Å². The van der Waals surface area contributed by atoms with Gasteiger partial charge in [0.05, 0.1) is 25.2 Å². The predicted octanol–water partition coefficient (Wildman–Crippen LogP) is 2.57. The molecule has 0 aliphatic rings. The Kier molecular flexibility index (Phi) is 4.99. The Morgan fingerprint density at radius 2 is 2.12 bits per heavy atom. The molecule has 0 aromatic heterocycles. The molecule has 0 amide bonds. The second-order valence-electron chi connectivity index (χ2n) is 3.59. The van der Waals surface area contributed by atoms with Crippen molar-refractivity contribution >= 4 is 17.6 Å². The van der Waals surface area contributed by atoms with Crippen molar-refractivity contribution in [1.82, 2.24) is 0 Å². The number of hydrogen-bond donors (Lipinski definition) is 0. The van der Waals surface area contributed by atoms with Crippen molar-refractivity contribution in [3.8, 4) is 6.07 Å². The zero-order valence-corrected chi connectivity index (χ0v) is 10.7. The molecule has 0 saturated heterocycles. The molecule has 0 bridgehead atoms. The van der Waals surface area contributed by atoms with Gasteiger partial charge in [-0.1, -0.05) is 19.1 Å². The summed E-state index contributed by atoms with van der Waals surface area (Å²) in [5.74, 6) is -0.00351. The Morgan fingerprint density at radius 1 is 1.47 bits per heavy atom. The van der Waals surface area contributed by atoms with Crippen LogP contribution in [0.3, 0.4) is 0 Å². The maximum atomic E-state index is 11.3. The number of hydrogen-bond acceptors (Lipinski definition) is 3. The molecule has 0 radical (unpaired) electrons. The van der Waals surface area contributed by atoms with Crippen molar-refractivity contribution in [3.05, 3.63) is 34.4 Å². The van der Waals surface area contributed by atoms with Gasteiger partial charge in [-0.3, -0.25) is 4.79 Å². The normalized spacial score (nSPS) is 9.76. The zero-order valence-electron chi connectivity index (χ0n) is 9.92. The van der Waals surface area contributed by atoms with Crippen LogP contribution in [0.15, 0.2) is 12.1 Å². The lowest BCUT2D eigenvalue weighted by Crippen LogP contribution is -2.08. The molecule has 3 nitrogen and oxygen atoms in total. The minimum Gasteiger partial charge on any atom is -0.469 e. The summed E-state index contributed by atoms with van der Waals surface area (Å²) in [4.78, 5) is 11.3. The van der Waals surface area contributed by atoms with Crippen LogP contribution in [0.2, 0.25) is 0 Å². The lowest BCUT2D eigenvalue weighted by atomic mass is 9.94. The highest BCUT2D eigenvalue weighted by molar-refractivity contribution is 6.17. The predicted molar refractivity (Wildman–Crippen MR) is 65.8 cm³/mol. The van der Waals surface area contributed by atoms with E-state index in [1.165, 1.54) is 7.11 Å². The van der Waals surface area contributed by atoms with Gasteiger partial charge in [-0.05, 0) is 23.1 Å². The van der Waals surface area contributed by atoms with Gasteiger partial charge in [-0.15, -0.1) is 11.6 Å². The van der Waals surface area contributed by atoms with E-state index in [1.807, 2.05) is 13.0 Å². The average molecular weight is 252 g/mol. The van der Waals surface area contributed by atoms with E-state index in [0.717, 1.165) is 16.7 Å². The first kappa shape index (κ1) is 13.5. The third kappa shape index (κ3) is 2.98. The quantitative estimate of drug-likeness (QED) is 0.610. The summed E-state index contributed by atoms with van der Waals surface area (Å²) >= 11 is 5.78. The second kappa shape index (κ2) is 6.27. The van der Waals surface area contributed by atoms with Crippen LogP contribution in [0, 0.1) is 11.3 Å². The summed E-state index contributed by atoms with van der Waals surface area (Å²) in [6, 6.07) is 5.80. The summed E-state index contributed by atoms with van der Waals surface area (Å²) in [5, 5.41) is 9.15. The van der Waals surface area contributed by atoms with Crippen LogP contribution in [0.1, 0.15) is 29.2 Å². The standard InChI is InChI=1S/C13H14ClNO2/c1-3-11-9(6-13(16)17-2)4-5-10(7-14)12(11)8-15/h4-5H,3,6-7H2,1-2H3. The summed E-state index contributed by atoms with van der Waals surface area (Å²) in [7, 11) is 1.35. The van der Waals surface area contributed by atoms with Gasteiger partial charge in [0.25, 0.3) is 0 Å². The highest BCUT2D eigenvalue weighted by atomic mass is 35.5. The average Bonchev–Trinajstić information content (AvgIpc) is 2.37. The fourth-order valence-corrected chi connectivity index (χ4v) is 2.01. The van der Waals surface area contributed by atoms with E-state index in [9.17, 15) is 4.79 Å². The molecule has 0 heterocycles. The second-order valence-corrected chi connectivity index (χ2v) is 3.86. The molecule has 1 aromatic carbocycles. The molecule has 0 atom stereocenters. The summed E-state index contributed by atoms with van der Waals surface area (Å²) < 4.78 is 4.64. The summed E-state index contributed by atoms with van der Waals surface area (Å²) in [6.07, 6.45) is 0.886. The number of rotatable bonds is 4. The van der Waals surface area contributed by atoms with Crippen molar-refractivity contribution in [2.75, 3.05) is 7.11 Å². The molecule has 90 valence electrons. The van der Waals surface area contributed by atoms with Crippen LogP contribution in [-0.4, -0.2) is 13.1 Å². The largest absolute Gasteiger partial charge is 0.469 e. The topological polar surface area (TPSA) is 50.1 Å². The molecule has 0 unspecified atom stereocenters. The lowest BCUT2D eigenvalue weighted by molar-refractivity contribution is -0.139. The zero-order chi connectivity index (χ0) is 12.8. The minimum atomic E-state index is -0.304. The molecule has 0 saturated carbocycles. The van der Waals surface area contributed by atoms with E-state index in [4.69, 9.17) is 16.9 Å². The Hall–Kier alpha value is -1.53. The highest BCUT2D eigenvalue weighted by Gasteiger charge is 2.13. The first-order valence-corrected chi connectivity index (χ1v) is 5.87. The van der Waals surface area contributed by atoms with Crippen LogP contribution in [-0.2, 0) is 28.3 Å². The molecule has 1 aromatic rings. The van der Waals surface area contributed by atoms with Gasteiger partial charge in [-0.2, -0.15) is 5.26 Å². The Balaban J connectivity index is 3.24. The SMILES string of the molecule is CCc1c(CC(=O)OC)ccc(CCl)c1C#N. The van der Waals surface area contributed by atoms with E-state index in [0.29, 0.717) is 17.9 Å². The van der Waals surface area contributed by atoms with Crippen molar-refractivity contribution in [1.29, 1.82) is 5.26 Å². The van der Waals surface area contributed by atoms with Crippen LogP contribution < -0.4 is 0 Å². The molecule has 0 N–H and O–H groups in total. The number of alkyl halides is 1. The number of nitrogens with zero attached hydrogens (tertiary/aromatic N) is 1. The Labute approximate surface area is 106 Å². The van der Waals surface area contributed by atoms with Crippen molar-refractivity contribution < 1.29 is 9.53 Å². The van der Waals surface area contributed by atoms with Gasteiger partial charge < -0.3 is 4.74 Å². The van der Waals surface area contributed by atoms with Crippen molar-refractivity contribution in [2.24, 2.45) is 0 Å². The van der Waals surface area contributed by atoms with Crippen molar-refractivity contribution in [2.45, 2.75) is 25.6 Å². The van der Waals surface area contributed by atoms with Gasteiger partial charge in [0.15, 0.2) is 0 Å². The minimum absolute atomic E-state index is 0.191. The number of nitriles is 1. The maximum Gasteiger partial charge on any atom is 0.309 e. The third-order valence-corrected chi connectivity index (χ3v) is 2.96. The molecule has 0 aliphatic heterocycles. The number of esters is 1. The van der Waals surface area contributed by atoms with Crippen LogP contribution in [0.25, 0.3) is 0 Å². The maximum absolute atomic E-state index is 11.3. The van der Waals surface area contributed by atoms with Crippen LogP contribution in [0.5, 0.6) is 0 Å². The highest BCUT2D eigenvalue weighted by Crippen LogP contribution is 2.21. The summed E-state index contributed by atoms with van der Waals surface area (Å²) in [6.45, 7) is 1.95. The molecular formula is C13H14ClNO2. The lowest BCUT2D eigenvalue weighted by Gasteiger charge is -2.11. The van der Waals surface area contributed by atoms with E-state index in [1.54, 1.807) is 6.07 Å². The monoisotopic (exact) mass is 251 g/mol. The number of carbonyl (C=O) groups is 1. The van der Waals surface area contributed by atoms with Gasteiger partial charge in [0.2, 0.25) is 0 Å². The smallest absolute Gasteiger partial charge is 0.309 e. The third-order valence-electron chi connectivity index (χ3n) is 2.67.